The van der Waals surface area contributed by atoms with Crippen LogP contribution in [0.1, 0.15) is 37.8 Å². The van der Waals surface area contributed by atoms with E-state index in [4.69, 9.17) is 5.26 Å². The number of amides is 2. The molecule has 8 heteroatoms. The van der Waals surface area contributed by atoms with Crippen LogP contribution in [0, 0.1) is 17.2 Å². The Morgan fingerprint density at radius 2 is 1.87 bits per heavy atom. The summed E-state index contributed by atoms with van der Waals surface area (Å²) in [5, 5.41) is 11.8. The Hall–Kier alpha value is -3.28. The predicted octanol–water partition coefficient (Wildman–Crippen LogP) is 2.04. The number of aromatic nitrogens is 1. The minimum atomic E-state index is -0.241. The van der Waals surface area contributed by atoms with Crippen LogP contribution in [0.3, 0.4) is 0 Å². The number of hydrogen-bond acceptors (Lipinski definition) is 6. The van der Waals surface area contributed by atoms with Crippen molar-refractivity contribution in [2.24, 2.45) is 5.92 Å². The van der Waals surface area contributed by atoms with Gasteiger partial charge in [0.15, 0.2) is 0 Å². The molecular weight excluding hydrogens is 380 g/mol. The quantitative estimate of drug-likeness (QED) is 0.619. The molecule has 30 heavy (non-hydrogen) atoms. The van der Waals surface area contributed by atoms with Crippen molar-refractivity contribution in [2.45, 2.75) is 38.4 Å². The van der Waals surface area contributed by atoms with E-state index in [9.17, 15) is 9.59 Å². The zero-order chi connectivity index (χ0) is 21.3. The van der Waals surface area contributed by atoms with Gasteiger partial charge in [-0.05, 0) is 29.8 Å². The van der Waals surface area contributed by atoms with Crippen molar-refractivity contribution in [3.63, 3.8) is 0 Å². The molecule has 3 rings (SSSR count). The molecule has 1 fully saturated rings. The molecule has 2 amide bonds. The normalized spacial score (nSPS) is 20.3. The lowest BCUT2D eigenvalue weighted by Crippen LogP contribution is -2.46. The molecule has 2 aromatic rings. The topological polar surface area (TPSA) is 110 Å². The van der Waals surface area contributed by atoms with E-state index in [1.54, 1.807) is 17.3 Å². The van der Waals surface area contributed by atoms with Crippen molar-refractivity contribution in [2.75, 3.05) is 11.4 Å². The van der Waals surface area contributed by atoms with Crippen LogP contribution in [0.4, 0.5) is 5.69 Å². The fraction of sp³-hybridized carbons (Fsp3) is 0.364. The third-order valence-electron chi connectivity index (χ3n) is 5.21. The minimum Gasteiger partial charge on any atom is -0.339 e. The Bertz CT molecular complexity index is 884. The van der Waals surface area contributed by atoms with Gasteiger partial charge in [-0.2, -0.15) is 5.26 Å². The van der Waals surface area contributed by atoms with Crippen LogP contribution in [0.15, 0.2) is 54.9 Å². The Morgan fingerprint density at radius 3 is 2.57 bits per heavy atom. The first-order valence-electron chi connectivity index (χ1n) is 10.0. The number of nitrogens with zero attached hydrogens (tertiary/aromatic N) is 3. The van der Waals surface area contributed by atoms with Crippen molar-refractivity contribution >= 4 is 17.5 Å². The SMILES string of the molecule is CC1C(NC(=O)CCC(=O)N(CCC#N)c2ccccc2)NNC1c1ccncc1. The number of rotatable bonds is 8. The van der Waals surface area contributed by atoms with Crippen molar-refractivity contribution < 1.29 is 9.59 Å². The average Bonchev–Trinajstić information content (AvgIpc) is 3.14. The average molecular weight is 406 g/mol. The van der Waals surface area contributed by atoms with Crippen molar-refractivity contribution in [3.8, 4) is 6.07 Å². The second-order valence-corrected chi connectivity index (χ2v) is 7.24. The van der Waals surface area contributed by atoms with Gasteiger partial charge in [0.05, 0.1) is 24.7 Å². The lowest BCUT2D eigenvalue weighted by atomic mass is 9.95. The Balaban J connectivity index is 1.52. The van der Waals surface area contributed by atoms with Crippen LogP contribution < -0.4 is 21.1 Å². The summed E-state index contributed by atoms with van der Waals surface area (Å²) < 4.78 is 0. The largest absolute Gasteiger partial charge is 0.339 e. The molecule has 0 radical (unpaired) electrons. The highest BCUT2D eigenvalue weighted by molar-refractivity contribution is 5.95. The van der Waals surface area contributed by atoms with E-state index in [1.807, 2.05) is 49.4 Å². The van der Waals surface area contributed by atoms with Gasteiger partial charge in [0.1, 0.15) is 0 Å². The first-order valence-corrected chi connectivity index (χ1v) is 10.0. The standard InChI is InChI=1S/C22H26N6O2/c1-16-21(17-10-13-24-14-11-17)26-27-22(16)25-19(29)8-9-20(30)28(15-5-12-23)18-6-3-2-4-7-18/h2-4,6-7,10-11,13-14,16,21-22,26-27H,5,8-9,15H2,1H3,(H,25,29). The fourth-order valence-electron chi connectivity index (χ4n) is 3.53. The number of hydrazine groups is 1. The number of carbonyl (C=O) groups is 2. The molecule has 156 valence electrons. The molecule has 0 aliphatic carbocycles. The van der Waals surface area contributed by atoms with Crippen molar-refractivity contribution in [3.05, 3.63) is 60.4 Å². The molecule has 3 unspecified atom stereocenters. The van der Waals surface area contributed by atoms with Crippen LogP contribution in [0.2, 0.25) is 0 Å². The zero-order valence-corrected chi connectivity index (χ0v) is 16.9. The number of benzene rings is 1. The van der Waals surface area contributed by atoms with E-state index in [0.717, 1.165) is 11.3 Å². The lowest BCUT2D eigenvalue weighted by Gasteiger charge is -2.22. The van der Waals surface area contributed by atoms with Gasteiger partial charge in [0.2, 0.25) is 11.8 Å². The van der Waals surface area contributed by atoms with Gasteiger partial charge in [-0.25, -0.2) is 10.9 Å². The Kier molecular flexibility index (Phi) is 7.49. The Labute approximate surface area is 176 Å². The van der Waals surface area contributed by atoms with Gasteiger partial charge in [-0.1, -0.05) is 25.1 Å². The van der Waals surface area contributed by atoms with Crippen LogP contribution in [-0.4, -0.2) is 29.5 Å². The summed E-state index contributed by atoms with van der Waals surface area (Å²) in [5.41, 5.74) is 8.14. The summed E-state index contributed by atoms with van der Waals surface area (Å²) in [7, 11) is 0. The van der Waals surface area contributed by atoms with E-state index < -0.39 is 0 Å². The number of nitrogens with one attached hydrogen (secondary N) is 3. The number of para-hydroxylation sites is 1. The number of hydrogen-bond donors (Lipinski definition) is 3. The summed E-state index contributed by atoms with van der Waals surface area (Å²) in [4.78, 5) is 30.7. The highest BCUT2D eigenvalue weighted by Crippen LogP contribution is 2.26. The highest BCUT2D eigenvalue weighted by atomic mass is 16.2. The third kappa shape index (κ3) is 5.41. The summed E-state index contributed by atoms with van der Waals surface area (Å²) >= 11 is 0. The van der Waals surface area contributed by atoms with E-state index >= 15 is 0 Å². The lowest BCUT2D eigenvalue weighted by molar-refractivity contribution is -0.126. The number of carbonyl (C=O) groups excluding carboxylic acids is 2. The maximum Gasteiger partial charge on any atom is 0.227 e. The molecule has 1 aromatic carbocycles. The van der Waals surface area contributed by atoms with E-state index in [0.29, 0.717) is 6.54 Å². The van der Waals surface area contributed by atoms with Gasteiger partial charge in [0.25, 0.3) is 0 Å². The molecule has 0 spiro atoms. The number of anilines is 1. The third-order valence-corrected chi connectivity index (χ3v) is 5.21. The summed E-state index contributed by atoms with van der Waals surface area (Å²) in [6.07, 6.45) is 3.64. The summed E-state index contributed by atoms with van der Waals surface area (Å²) in [5.74, 6) is -0.256. The van der Waals surface area contributed by atoms with Gasteiger partial charge in [-0.3, -0.25) is 14.6 Å². The molecule has 1 aliphatic rings. The molecule has 1 saturated heterocycles. The molecular formula is C22H26N6O2. The molecule has 2 heterocycles. The van der Waals surface area contributed by atoms with Crippen molar-refractivity contribution in [1.29, 1.82) is 5.26 Å². The van der Waals surface area contributed by atoms with Crippen LogP contribution in [0.25, 0.3) is 0 Å². The molecule has 3 N–H and O–H groups in total. The minimum absolute atomic E-state index is 0.0551. The fourth-order valence-corrected chi connectivity index (χ4v) is 3.53. The van der Waals surface area contributed by atoms with E-state index in [-0.39, 0.29) is 49.2 Å². The number of nitriles is 1. The van der Waals surface area contributed by atoms with E-state index in [1.165, 1.54) is 0 Å². The van der Waals surface area contributed by atoms with Gasteiger partial charge in [0, 0.05) is 43.4 Å². The maximum atomic E-state index is 12.7. The zero-order valence-electron chi connectivity index (χ0n) is 16.9. The monoisotopic (exact) mass is 406 g/mol. The maximum absolute atomic E-state index is 12.7. The summed E-state index contributed by atoms with van der Waals surface area (Å²) in [6.45, 7) is 2.35. The van der Waals surface area contributed by atoms with Crippen LogP contribution in [0.5, 0.6) is 0 Å². The number of pyridine rings is 1. The summed E-state index contributed by atoms with van der Waals surface area (Å²) in [6, 6.07) is 15.2. The molecule has 0 saturated carbocycles. The second-order valence-electron chi connectivity index (χ2n) is 7.24. The molecule has 1 aromatic heterocycles. The predicted molar refractivity (Wildman–Crippen MR) is 113 cm³/mol. The molecule has 8 nitrogen and oxygen atoms in total. The van der Waals surface area contributed by atoms with Gasteiger partial charge >= 0.3 is 0 Å². The first kappa shape index (κ1) is 21.4. The Morgan fingerprint density at radius 1 is 1.13 bits per heavy atom. The first-order chi connectivity index (χ1) is 14.6. The molecule has 1 aliphatic heterocycles. The van der Waals surface area contributed by atoms with Gasteiger partial charge in [-0.15, -0.1) is 0 Å². The second kappa shape index (κ2) is 10.5. The van der Waals surface area contributed by atoms with Crippen LogP contribution in [-0.2, 0) is 9.59 Å². The molecule has 3 atom stereocenters. The molecule has 0 bridgehead atoms. The highest BCUT2D eigenvalue weighted by Gasteiger charge is 2.34. The smallest absolute Gasteiger partial charge is 0.227 e. The van der Waals surface area contributed by atoms with Crippen LogP contribution >= 0.6 is 0 Å². The van der Waals surface area contributed by atoms with E-state index in [2.05, 4.69) is 27.2 Å². The van der Waals surface area contributed by atoms with Crippen molar-refractivity contribution in [1.82, 2.24) is 21.2 Å². The van der Waals surface area contributed by atoms with Gasteiger partial charge < -0.3 is 10.2 Å².